The molecule has 0 aliphatic carbocycles. The smallest absolute Gasteiger partial charge is 0.306 e. The van der Waals surface area contributed by atoms with E-state index >= 15 is 0 Å². The molecule has 0 saturated heterocycles. The molecule has 0 rings (SSSR count). The number of aliphatic hydroxyl groups is 1. The van der Waals surface area contributed by atoms with Gasteiger partial charge < -0.3 is 14.6 Å². The van der Waals surface area contributed by atoms with Crippen molar-refractivity contribution in [2.75, 3.05) is 19.8 Å². The van der Waals surface area contributed by atoms with Crippen LogP contribution in [0.3, 0.4) is 0 Å². The number of esters is 1. The van der Waals surface area contributed by atoms with Crippen molar-refractivity contribution in [3.8, 4) is 0 Å². The topological polar surface area (TPSA) is 55.8 Å². The molecule has 0 radical (unpaired) electrons. The molecule has 0 aromatic rings. The SMILES string of the molecule is CCCCC/C=C\C/C=C\CCCCCCCCCCOCC(CO)OC(=O)CCCCCCC/C=C\CCCCCC. The normalized spacial score (nSPS) is 12.7. The van der Waals surface area contributed by atoms with Crippen LogP contribution < -0.4 is 0 Å². The van der Waals surface area contributed by atoms with Crippen LogP contribution in [0.15, 0.2) is 36.5 Å². The number of rotatable bonds is 34. The van der Waals surface area contributed by atoms with Crippen molar-refractivity contribution in [2.45, 2.75) is 187 Å². The van der Waals surface area contributed by atoms with Crippen LogP contribution in [-0.4, -0.2) is 37.0 Å². The van der Waals surface area contributed by atoms with E-state index in [1.54, 1.807) is 0 Å². The third kappa shape index (κ3) is 35.0. The van der Waals surface area contributed by atoms with Gasteiger partial charge in [-0.15, -0.1) is 0 Å². The lowest BCUT2D eigenvalue weighted by molar-refractivity contribution is -0.154. The van der Waals surface area contributed by atoms with Gasteiger partial charge in [0.25, 0.3) is 0 Å². The minimum atomic E-state index is -0.539. The Balaban J connectivity index is 3.46. The maximum absolute atomic E-state index is 12.1. The van der Waals surface area contributed by atoms with Crippen LogP contribution in [0, 0.1) is 0 Å². The van der Waals surface area contributed by atoms with Crippen molar-refractivity contribution in [1.29, 1.82) is 0 Å². The lowest BCUT2D eigenvalue weighted by atomic mass is 10.1. The third-order valence-electron chi connectivity index (χ3n) is 7.94. The Morgan fingerprint density at radius 2 is 0.977 bits per heavy atom. The van der Waals surface area contributed by atoms with Gasteiger partial charge in [0.1, 0.15) is 6.10 Å². The van der Waals surface area contributed by atoms with E-state index in [1.165, 1.54) is 135 Å². The van der Waals surface area contributed by atoms with Crippen LogP contribution in [0.2, 0.25) is 0 Å². The summed E-state index contributed by atoms with van der Waals surface area (Å²) in [5.74, 6) is -0.213. The fourth-order valence-corrected chi connectivity index (χ4v) is 5.12. The Morgan fingerprint density at radius 1 is 0.558 bits per heavy atom. The Labute approximate surface area is 268 Å². The van der Waals surface area contributed by atoms with E-state index < -0.39 is 6.10 Å². The molecule has 0 bridgehead atoms. The van der Waals surface area contributed by atoms with Gasteiger partial charge in [-0.3, -0.25) is 4.79 Å². The van der Waals surface area contributed by atoms with Gasteiger partial charge in [0, 0.05) is 13.0 Å². The summed E-state index contributed by atoms with van der Waals surface area (Å²) >= 11 is 0. The maximum atomic E-state index is 12.1. The molecule has 1 atom stereocenters. The molecular formula is C39H72O4. The molecule has 43 heavy (non-hydrogen) atoms. The minimum absolute atomic E-state index is 0.177. The Hall–Kier alpha value is -1.39. The lowest BCUT2D eigenvalue weighted by Gasteiger charge is -2.15. The van der Waals surface area contributed by atoms with Crippen molar-refractivity contribution in [2.24, 2.45) is 0 Å². The van der Waals surface area contributed by atoms with Gasteiger partial charge in [-0.2, -0.15) is 0 Å². The highest BCUT2D eigenvalue weighted by Crippen LogP contribution is 2.12. The highest BCUT2D eigenvalue weighted by Gasteiger charge is 2.13. The van der Waals surface area contributed by atoms with E-state index in [1.807, 2.05) is 0 Å². The number of hydrogen-bond acceptors (Lipinski definition) is 4. The van der Waals surface area contributed by atoms with Crippen molar-refractivity contribution in [3.05, 3.63) is 36.5 Å². The molecule has 0 aliphatic rings. The van der Waals surface area contributed by atoms with Gasteiger partial charge in [-0.25, -0.2) is 0 Å². The molecule has 0 amide bonds. The van der Waals surface area contributed by atoms with Gasteiger partial charge in [0.2, 0.25) is 0 Å². The van der Waals surface area contributed by atoms with Gasteiger partial charge in [0.05, 0.1) is 13.2 Å². The number of unbranched alkanes of at least 4 members (excludes halogenated alkanes) is 20. The van der Waals surface area contributed by atoms with Crippen LogP contribution in [0.4, 0.5) is 0 Å². The number of hydrogen-bond donors (Lipinski definition) is 1. The molecule has 1 N–H and O–H groups in total. The Bertz CT molecular complexity index is 639. The Morgan fingerprint density at radius 3 is 1.51 bits per heavy atom. The van der Waals surface area contributed by atoms with Crippen molar-refractivity contribution in [1.82, 2.24) is 0 Å². The maximum Gasteiger partial charge on any atom is 0.306 e. The predicted molar refractivity (Wildman–Crippen MR) is 187 cm³/mol. The van der Waals surface area contributed by atoms with Crippen molar-refractivity contribution in [3.63, 3.8) is 0 Å². The average Bonchev–Trinajstić information content (AvgIpc) is 3.01. The number of ether oxygens (including phenoxy) is 2. The van der Waals surface area contributed by atoms with E-state index in [0.717, 1.165) is 25.7 Å². The lowest BCUT2D eigenvalue weighted by Crippen LogP contribution is -2.27. The second-order valence-electron chi connectivity index (χ2n) is 12.3. The fraction of sp³-hybridized carbons (Fsp3) is 0.821. The molecule has 0 saturated carbocycles. The quantitative estimate of drug-likeness (QED) is 0.0451. The molecule has 4 heteroatoms. The fourth-order valence-electron chi connectivity index (χ4n) is 5.12. The van der Waals surface area contributed by atoms with Crippen LogP contribution in [0.5, 0.6) is 0 Å². The summed E-state index contributed by atoms with van der Waals surface area (Å²) in [7, 11) is 0. The summed E-state index contributed by atoms with van der Waals surface area (Å²) in [6.07, 6.45) is 44.7. The zero-order valence-electron chi connectivity index (χ0n) is 28.7. The standard InChI is InChI=1S/C39H72O4/c1-3-5-7-9-11-13-15-17-18-19-20-21-23-25-27-29-31-33-35-42-37-38(36-40)43-39(41)34-32-30-28-26-24-22-16-14-12-10-8-6-4-2/h11,13-14,16-18,38,40H,3-10,12,15,19-37H2,1-2H3/b13-11-,16-14-,18-17-. The molecular weight excluding hydrogens is 532 g/mol. The van der Waals surface area contributed by atoms with Crippen LogP contribution >= 0.6 is 0 Å². The molecule has 1 unspecified atom stereocenters. The molecule has 0 heterocycles. The first kappa shape index (κ1) is 41.6. The molecule has 0 spiro atoms. The Kier molecular flexibility index (Phi) is 35.6. The van der Waals surface area contributed by atoms with Crippen LogP contribution in [0.25, 0.3) is 0 Å². The number of aliphatic hydroxyl groups excluding tert-OH is 1. The van der Waals surface area contributed by atoms with E-state index in [-0.39, 0.29) is 19.2 Å². The van der Waals surface area contributed by atoms with Crippen molar-refractivity contribution >= 4 is 5.97 Å². The third-order valence-corrected chi connectivity index (χ3v) is 7.94. The van der Waals surface area contributed by atoms with E-state index in [2.05, 4.69) is 50.3 Å². The summed E-state index contributed by atoms with van der Waals surface area (Å²) in [6, 6.07) is 0. The van der Waals surface area contributed by atoms with Gasteiger partial charge in [-0.1, -0.05) is 140 Å². The molecule has 0 fully saturated rings. The van der Waals surface area contributed by atoms with E-state index in [9.17, 15) is 9.90 Å². The second-order valence-corrected chi connectivity index (χ2v) is 12.3. The number of allylic oxidation sites excluding steroid dienone is 6. The molecule has 0 aromatic heterocycles. The first-order valence-electron chi connectivity index (χ1n) is 18.6. The monoisotopic (exact) mass is 605 g/mol. The van der Waals surface area contributed by atoms with Crippen LogP contribution in [-0.2, 0) is 14.3 Å². The van der Waals surface area contributed by atoms with E-state index in [0.29, 0.717) is 13.0 Å². The zero-order chi connectivity index (χ0) is 31.3. The summed E-state index contributed by atoms with van der Waals surface area (Å²) in [5.41, 5.74) is 0. The predicted octanol–water partition coefficient (Wildman–Crippen LogP) is 11.8. The second kappa shape index (κ2) is 36.8. The van der Waals surface area contributed by atoms with Gasteiger partial charge in [-0.05, 0) is 70.6 Å². The first-order chi connectivity index (χ1) is 21.2. The summed E-state index contributed by atoms with van der Waals surface area (Å²) in [4.78, 5) is 12.1. The van der Waals surface area contributed by atoms with Crippen LogP contribution in [0.1, 0.15) is 181 Å². The van der Waals surface area contributed by atoms with E-state index in [4.69, 9.17) is 9.47 Å². The minimum Gasteiger partial charge on any atom is -0.457 e. The highest BCUT2D eigenvalue weighted by atomic mass is 16.6. The number of carbonyl (C=O) groups excluding carboxylic acids is 1. The molecule has 0 aromatic carbocycles. The van der Waals surface area contributed by atoms with Gasteiger partial charge >= 0.3 is 5.97 Å². The summed E-state index contributed by atoms with van der Waals surface area (Å²) in [5, 5.41) is 9.55. The molecule has 4 nitrogen and oxygen atoms in total. The highest BCUT2D eigenvalue weighted by molar-refractivity contribution is 5.69. The summed E-state index contributed by atoms with van der Waals surface area (Å²) < 4.78 is 11.1. The largest absolute Gasteiger partial charge is 0.457 e. The average molecular weight is 605 g/mol. The number of carbonyl (C=O) groups is 1. The molecule has 0 aliphatic heterocycles. The van der Waals surface area contributed by atoms with Crippen molar-refractivity contribution < 1.29 is 19.4 Å². The summed E-state index contributed by atoms with van der Waals surface area (Å²) in [6.45, 7) is 5.29. The first-order valence-corrected chi connectivity index (χ1v) is 18.6. The van der Waals surface area contributed by atoms with Gasteiger partial charge in [0.15, 0.2) is 0 Å². The zero-order valence-corrected chi connectivity index (χ0v) is 28.7. The molecule has 252 valence electrons.